The highest BCUT2D eigenvalue weighted by Gasteiger charge is 2.42. The van der Waals surface area contributed by atoms with Crippen molar-refractivity contribution in [3.8, 4) is 0 Å². The van der Waals surface area contributed by atoms with E-state index in [0.29, 0.717) is 13.0 Å². The van der Waals surface area contributed by atoms with Crippen LogP contribution in [0.3, 0.4) is 0 Å². The summed E-state index contributed by atoms with van der Waals surface area (Å²) in [7, 11) is 0. The molecule has 4 rings (SSSR count). The largest absolute Gasteiger partial charge is 0.356 e. The molecule has 2 aliphatic heterocycles. The number of carbonyl (C=O) groups is 1. The van der Waals surface area contributed by atoms with Gasteiger partial charge in [0.2, 0.25) is 5.91 Å². The van der Waals surface area contributed by atoms with Crippen LogP contribution in [0, 0.1) is 5.41 Å². The van der Waals surface area contributed by atoms with Crippen molar-refractivity contribution >= 4 is 11.7 Å². The SMILES string of the molecule is O=C1CC[C@@]2(CCCN(c3ccccn3)C2)CN1Cc1ccccn1. The molecule has 0 N–H and O–H groups in total. The molecule has 2 saturated heterocycles. The molecule has 0 bridgehead atoms. The van der Waals surface area contributed by atoms with E-state index in [1.54, 1.807) is 6.20 Å². The van der Waals surface area contributed by atoms with E-state index in [2.05, 4.69) is 20.9 Å². The summed E-state index contributed by atoms with van der Waals surface area (Å²) >= 11 is 0. The lowest BCUT2D eigenvalue weighted by molar-refractivity contribution is -0.138. The van der Waals surface area contributed by atoms with Gasteiger partial charge in [0, 0.05) is 43.9 Å². The fourth-order valence-corrected chi connectivity index (χ4v) is 4.21. The molecule has 1 atom stereocenters. The van der Waals surface area contributed by atoms with Gasteiger partial charge in [-0.3, -0.25) is 9.78 Å². The zero-order chi connectivity index (χ0) is 17.1. The highest BCUT2D eigenvalue weighted by Crippen LogP contribution is 2.40. The minimum Gasteiger partial charge on any atom is -0.356 e. The van der Waals surface area contributed by atoms with E-state index in [1.165, 1.54) is 6.42 Å². The molecule has 1 spiro atoms. The van der Waals surface area contributed by atoms with Gasteiger partial charge in [-0.25, -0.2) is 4.98 Å². The number of carbonyl (C=O) groups excluding carboxylic acids is 1. The molecule has 130 valence electrons. The number of anilines is 1. The summed E-state index contributed by atoms with van der Waals surface area (Å²) in [6.45, 7) is 3.47. The van der Waals surface area contributed by atoms with Gasteiger partial charge in [0.15, 0.2) is 0 Å². The van der Waals surface area contributed by atoms with Gasteiger partial charge in [-0.1, -0.05) is 12.1 Å². The van der Waals surface area contributed by atoms with Gasteiger partial charge in [0.25, 0.3) is 0 Å². The Kier molecular flexibility index (Phi) is 4.38. The standard InChI is InChI=1S/C20H24N4O/c25-19-8-10-20(16-24(19)14-17-6-1-3-11-21-17)9-5-13-23(15-20)18-7-2-4-12-22-18/h1-4,6-7,11-12H,5,8-10,13-16H2/t20-/m1/s1. The van der Waals surface area contributed by atoms with Crippen molar-refractivity contribution in [2.24, 2.45) is 5.41 Å². The molecule has 0 aromatic carbocycles. The molecule has 4 heterocycles. The van der Waals surface area contributed by atoms with Crippen molar-refractivity contribution in [2.45, 2.75) is 32.2 Å². The summed E-state index contributed by atoms with van der Waals surface area (Å²) in [5.41, 5.74) is 1.14. The van der Waals surface area contributed by atoms with Crippen molar-refractivity contribution in [1.29, 1.82) is 0 Å². The second-order valence-electron chi connectivity index (χ2n) is 7.28. The van der Waals surface area contributed by atoms with Crippen LogP contribution in [-0.2, 0) is 11.3 Å². The number of nitrogens with zero attached hydrogens (tertiary/aromatic N) is 4. The van der Waals surface area contributed by atoms with Crippen molar-refractivity contribution in [3.63, 3.8) is 0 Å². The minimum atomic E-state index is 0.179. The molecule has 2 aromatic heterocycles. The van der Waals surface area contributed by atoms with Crippen molar-refractivity contribution < 1.29 is 4.79 Å². The van der Waals surface area contributed by atoms with E-state index in [1.807, 2.05) is 41.4 Å². The number of pyridine rings is 2. The van der Waals surface area contributed by atoms with Crippen LogP contribution in [0.1, 0.15) is 31.4 Å². The van der Waals surface area contributed by atoms with Crippen molar-refractivity contribution in [3.05, 3.63) is 54.5 Å². The van der Waals surface area contributed by atoms with Crippen LogP contribution in [-0.4, -0.2) is 40.4 Å². The molecule has 2 aromatic rings. The third-order valence-corrected chi connectivity index (χ3v) is 5.46. The van der Waals surface area contributed by atoms with E-state index in [-0.39, 0.29) is 11.3 Å². The number of rotatable bonds is 3. The maximum atomic E-state index is 12.4. The third-order valence-electron chi connectivity index (χ3n) is 5.46. The van der Waals surface area contributed by atoms with Gasteiger partial charge in [0.1, 0.15) is 5.82 Å². The van der Waals surface area contributed by atoms with Crippen LogP contribution < -0.4 is 4.90 Å². The lowest BCUT2D eigenvalue weighted by Gasteiger charge is -2.48. The zero-order valence-electron chi connectivity index (χ0n) is 14.5. The van der Waals surface area contributed by atoms with Gasteiger partial charge in [0.05, 0.1) is 12.2 Å². The fourth-order valence-electron chi connectivity index (χ4n) is 4.21. The summed E-state index contributed by atoms with van der Waals surface area (Å²) in [5, 5.41) is 0. The Bertz CT molecular complexity index is 721. The van der Waals surface area contributed by atoms with Crippen LogP contribution in [0.15, 0.2) is 48.8 Å². The molecule has 0 saturated carbocycles. The smallest absolute Gasteiger partial charge is 0.222 e. The molecule has 0 unspecified atom stereocenters. The Morgan fingerprint density at radius 2 is 1.84 bits per heavy atom. The van der Waals surface area contributed by atoms with Crippen LogP contribution in [0.25, 0.3) is 0 Å². The van der Waals surface area contributed by atoms with Gasteiger partial charge in [-0.15, -0.1) is 0 Å². The Morgan fingerprint density at radius 1 is 1.00 bits per heavy atom. The zero-order valence-corrected chi connectivity index (χ0v) is 14.5. The first-order chi connectivity index (χ1) is 12.2. The number of aromatic nitrogens is 2. The lowest BCUT2D eigenvalue weighted by Crippen LogP contribution is -2.54. The molecule has 0 aliphatic carbocycles. The Hall–Kier alpha value is -2.43. The van der Waals surface area contributed by atoms with E-state index in [9.17, 15) is 4.79 Å². The normalized spacial score (nSPS) is 23.9. The number of amides is 1. The van der Waals surface area contributed by atoms with Crippen LogP contribution in [0.5, 0.6) is 0 Å². The Balaban J connectivity index is 1.50. The summed E-state index contributed by atoms with van der Waals surface area (Å²) in [5.74, 6) is 1.31. The van der Waals surface area contributed by atoms with Crippen LogP contribution in [0.4, 0.5) is 5.82 Å². The third kappa shape index (κ3) is 3.50. The second-order valence-corrected chi connectivity index (χ2v) is 7.28. The van der Waals surface area contributed by atoms with Gasteiger partial charge >= 0.3 is 0 Å². The number of likely N-dealkylation sites (tertiary alicyclic amines) is 1. The number of hydrogen-bond acceptors (Lipinski definition) is 4. The van der Waals surface area contributed by atoms with Gasteiger partial charge in [-0.2, -0.15) is 0 Å². The highest BCUT2D eigenvalue weighted by molar-refractivity contribution is 5.77. The topological polar surface area (TPSA) is 49.3 Å². The molecule has 0 radical (unpaired) electrons. The monoisotopic (exact) mass is 336 g/mol. The number of hydrogen-bond donors (Lipinski definition) is 0. The van der Waals surface area contributed by atoms with E-state index in [0.717, 1.165) is 44.0 Å². The molecule has 25 heavy (non-hydrogen) atoms. The molecule has 5 heteroatoms. The molecular formula is C20H24N4O. The summed E-state index contributed by atoms with van der Waals surface area (Å²) in [4.78, 5) is 25.7. The maximum Gasteiger partial charge on any atom is 0.222 e. The first-order valence-electron chi connectivity index (χ1n) is 9.08. The Morgan fingerprint density at radius 3 is 2.60 bits per heavy atom. The van der Waals surface area contributed by atoms with Crippen LogP contribution in [0.2, 0.25) is 0 Å². The lowest BCUT2D eigenvalue weighted by atomic mass is 9.73. The molecule has 5 nitrogen and oxygen atoms in total. The van der Waals surface area contributed by atoms with E-state index >= 15 is 0 Å². The van der Waals surface area contributed by atoms with Crippen molar-refractivity contribution in [1.82, 2.24) is 14.9 Å². The Labute approximate surface area is 148 Å². The van der Waals surface area contributed by atoms with Gasteiger partial charge in [-0.05, 0) is 43.5 Å². The van der Waals surface area contributed by atoms with Crippen molar-refractivity contribution in [2.75, 3.05) is 24.5 Å². The number of piperidine rings is 2. The predicted molar refractivity (Wildman–Crippen MR) is 97.0 cm³/mol. The van der Waals surface area contributed by atoms with Gasteiger partial charge < -0.3 is 9.80 Å². The average molecular weight is 336 g/mol. The summed E-state index contributed by atoms with van der Waals surface area (Å²) in [6.07, 6.45) is 7.61. The quantitative estimate of drug-likeness (QED) is 0.865. The minimum absolute atomic E-state index is 0.179. The van der Waals surface area contributed by atoms with E-state index in [4.69, 9.17) is 0 Å². The molecule has 2 aliphatic rings. The summed E-state index contributed by atoms with van der Waals surface area (Å²) < 4.78 is 0. The van der Waals surface area contributed by atoms with E-state index < -0.39 is 0 Å². The fraction of sp³-hybridized carbons (Fsp3) is 0.450. The first kappa shape index (κ1) is 16.1. The summed E-state index contributed by atoms with van der Waals surface area (Å²) in [6, 6.07) is 12.0. The predicted octanol–water partition coefficient (Wildman–Crippen LogP) is 2.89. The maximum absolute atomic E-state index is 12.4. The molecule has 1 amide bonds. The molecular weight excluding hydrogens is 312 g/mol. The first-order valence-corrected chi connectivity index (χ1v) is 9.08. The molecule has 2 fully saturated rings. The van der Waals surface area contributed by atoms with Crippen LogP contribution >= 0.6 is 0 Å². The second kappa shape index (κ2) is 6.82. The average Bonchev–Trinajstić information content (AvgIpc) is 2.67. The highest BCUT2D eigenvalue weighted by atomic mass is 16.2.